The molecule has 0 bridgehead atoms. The summed E-state index contributed by atoms with van der Waals surface area (Å²) in [5, 5.41) is 2.62. The molecule has 1 aliphatic rings. The van der Waals surface area contributed by atoms with E-state index in [0.717, 1.165) is 4.90 Å². The molecule has 0 aromatic carbocycles. The molecule has 1 atom stereocenters. The average molecular weight is 232 g/mol. The van der Waals surface area contributed by atoms with Crippen LogP contribution in [0.1, 0.15) is 19.1 Å². The van der Waals surface area contributed by atoms with E-state index < -0.39 is 11.6 Å². The second kappa shape index (κ2) is 3.98. The van der Waals surface area contributed by atoms with Crippen molar-refractivity contribution >= 4 is 11.9 Å². The zero-order valence-corrected chi connectivity index (χ0v) is 9.40. The molecule has 0 aliphatic carbocycles. The molecule has 3 amide bonds. The van der Waals surface area contributed by atoms with Crippen LogP contribution in [0.3, 0.4) is 0 Å². The average Bonchev–Trinajstić information content (AvgIpc) is 2.88. The van der Waals surface area contributed by atoms with Gasteiger partial charge in [-0.3, -0.25) is 9.69 Å². The van der Waals surface area contributed by atoms with Crippen molar-refractivity contribution in [2.45, 2.75) is 18.9 Å². The van der Waals surface area contributed by atoms with Crippen LogP contribution in [-0.4, -0.2) is 23.4 Å². The number of terminal acetylenes is 1. The minimum atomic E-state index is -1.13. The van der Waals surface area contributed by atoms with Gasteiger partial charge in [-0.25, -0.2) is 4.79 Å². The number of hydrogen-bond acceptors (Lipinski definition) is 3. The Balaban J connectivity index is 2.27. The quantitative estimate of drug-likeness (QED) is 0.626. The molecule has 17 heavy (non-hydrogen) atoms. The van der Waals surface area contributed by atoms with Crippen molar-refractivity contribution in [1.82, 2.24) is 10.2 Å². The molecule has 5 heteroatoms. The van der Waals surface area contributed by atoms with Gasteiger partial charge in [0.25, 0.3) is 5.91 Å². The lowest BCUT2D eigenvalue weighted by Gasteiger charge is -2.18. The summed E-state index contributed by atoms with van der Waals surface area (Å²) < 4.78 is 5.19. The summed E-state index contributed by atoms with van der Waals surface area (Å²) >= 11 is 0. The number of nitrogens with zero attached hydrogens (tertiary/aromatic N) is 1. The number of urea groups is 1. The van der Waals surface area contributed by atoms with Gasteiger partial charge < -0.3 is 9.73 Å². The van der Waals surface area contributed by atoms with Crippen LogP contribution in [0.15, 0.2) is 22.8 Å². The van der Waals surface area contributed by atoms with Gasteiger partial charge in [-0.2, -0.15) is 0 Å². The maximum absolute atomic E-state index is 12.2. The smallest absolute Gasteiger partial charge is 0.325 e. The minimum Gasteiger partial charge on any atom is -0.466 e. The molecule has 1 saturated heterocycles. The van der Waals surface area contributed by atoms with Crippen LogP contribution in [-0.2, 0) is 10.3 Å². The lowest BCUT2D eigenvalue weighted by Crippen LogP contribution is -2.40. The van der Waals surface area contributed by atoms with Crippen LogP contribution < -0.4 is 5.32 Å². The van der Waals surface area contributed by atoms with Crippen molar-refractivity contribution in [3.63, 3.8) is 0 Å². The highest BCUT2D eigenvalue weighted by Crippen LogP contribution is 2.28. The highest BCUT2D eigenvalue weighted by atomic mass is 16.3. The first-order valence-electron chi connectivity index (χ1n) is 5.21. The molecule has 1 aliphatic heterocycles. The fourth-order valence-electron chi connectivity index (χ4n) is 1.81. The fraction of sp³-hybridized carbons (Fsp3) is 0.333. The van der Waals surface area contributed by atoms with Crippen molar-refractivity contribution in [1.29, 1.82) is 0 Å². The number of carbonyl (C=O) groups is 2. The van der Waals surface area contributed by atoms with Gasteiger partial charge in [-0.1, -0.05) is 0 Å². The zero-order valence-electron chi connectivity index (χ0n) is 9.40. The summed E-state index contributed by atoms with van der Waals surface area (Å²) in [4.78, 5) is 25.0. The van der Waals surface area contributed by atoms with Gasteiger partial charge in [0.1, 0.15) is 5.76 Å². The van der Waals surface area contributed by atoms with Crippen LogP contribution in [0.2, 0.25) is 0 Å². The number of hydrogen-bond donors (Lipinski definition) is 1. The molecule has 5 nitrogen and oxygen atoms in total. The lowest BCUT2D eigenvalue weighted by molar-refractivity contribution is -0.131. The van der Waals surface area contributed by atoms with E-state index in [-0.39, 0.29) is 12.5 Å². The number of furan rings is 1. The van der Waals surface area contributed by atoms with E-state index in [4.69, 9.17) is 10.8 Å². The van der Waals surface area contributed by atoms with Crippen molar-refractivity contribution in [2.75, 3.05) is 6.54 Å². The number of imide groups is 1. The van der Waals surface area contributed by atoms with Gasteiger partial charge in [0.05, 0.1) is 6.26 Å². The second-order valence-corrected chi connectivity index (χ2v) is 3.94. The highest BCUT2D eigenvalue weighted by Gasteiger charge is 2.50. The first-order chi connectivity index (χ1) is 8.09. The van der Waals surface area contributed by atoms with Crippen LogP contribution in [0, 0.1) is 12.3 Å². The van der Waals surface area contributed by atoms with E-state index in [1.54, 1.807) is 19.1 Å². The summed E-state index contributed by atoms with van der Waals surface area (Å²) in [5.41, 5.74) is -1.13. The second-order valence-electron chi connectivity index (χ2n) is 3.94. The molecule has 2 rings (SSSR count). The minimum absolute atomic E-state index is 0.220. The third-order valence-corrected chi connectivity index (χ3v) is 2.77. The van der Waals surface area contributed by atoms with Gasteiger partial charge in [-0.15, -0.1) is 12.3 Å². The van der Waals surface area contributed by atoms with Gasteiger partial charge >= 0.3 is 6.03 Å². The summed E-state index contributed by atoms with van der Waals surface area (Å²) in [7, 11) is 0. The van der Waals surface area contributed by atoms with E-state index in [0.29, 0.717) is 12.2 Å². The molecule has 1 aromatic heterocycles. The molecule has 1 N–H and O–H groups in total. The Morgan fingerprint density at radius 2 is 2.35 bits per heavy atom. The molecule has 0 radical (unpaired) electrons. The van der Waals surface area contributed by atoms with E-state index >= 15 is 0 Å². The van der Waals surface area contributed by atoms with Crippen molar-refractivity contribution in [3.8, 4) is 12.3 Å². The Labute approximate surface area is 98.8 Å². The van der Waals surface area contributed by atoms with E-state index in [2.05, 4.69) is 11.2 Å². The summed E-state index contributed by atoms with van der Waals surface area (Å²) in [6.07, 6.45) is 6.92. The topological polar surface area (TPSA) is 62.6 Å². The first kappa shape index (κ1) is 11.3. The Morgan fingerprint density at radius 1 is 1.59 bits per heavy atom. The predicted molar refractivity (Wildman–Crippen MR) is 59.8 cm³/mol. The Bertz CT molecular complexity index is 486. The number of nitrogens with one attached hydrogen (secondary N) is 1. The SMILES string of the molecule is C#CCCN1C(=O)N[C@](C)(c2ccco2)C1=O. The maximum atomic E-state index is 12.2. The molecular weight excluding hydrogens is 220 g/mol. The monoisotopic (exact) mass is 232 g/mol. The van der Waals surface area contributed by atoms with Crippen molar-refractivity contribution < 1.29 is 14.0 Å². The van der Waals surface area contributed by atoms with E-state index in [1.807, 2.05) is 0 Å². The van der Waals surface area contributed by atoms with Crippen LogP contribution in [0.5, 0.6) is 0 Å². The summed E-state index contributed by atoms with van der Waals surface area (Å²) in [5.74, 6) is 2.48. The largest absolute Gasteiger partial charge is 0.466 e. The zero-order chi connectivity index (χ0) is 12.5. The van der Waals surface area contributed by atoms with Crippen LogP contribution in [0.4, 0.5) is 4.79 Å². The molecule has 0 saturated carbocycles. The summed E-state index contributed by atoms with van der Waals surface area (Å²) in [6, 6.07) is 2.89. The van der Waals surface area contributed by atoms with Crippen molar-refractivity contribution in [2.24, 2.45) is 0 Å². The Morgan fingerprint density at radius 3 is 2.94 bits per heavy atom. The third-order valence-electron chi connectivity index (χ3n) is 2.77. The fourth-order valence-corrected chi connectivity index (χ4v) is 1.81. The van der Waals surface area contributed by atoms with Crippen LogP contribution >= 0.6 is 0 Å². The molecule has 1 aromatic rings. The van der Waals surface area contributed by atoms with E-state index in [1.165, 1.54) is 6.26 Å². The summed E-state index contributed by atoms with van der Waals surface area (Å²) in [6.45, 7) is 1.83. The van der Waals surface area contributed by atoms with E-state index in [9.17, 15) is 9.59 Å². The van der Waals surface area contributed by atoms with Crippen molar-refractivity contribution in [3.05, 3.63) is 24.2 Å². The molecular formula is C12H12N2O3. The maximum Gasteiger partial charge on any atom is 0.325 e. The van der Waals surface area contributed by atoms with Gasteiger partial charge in [0.2, 0.25) is 0 Å². The molecule has 1 fully saturated rings. The molecule has 0 unspecified atom stereocenters. The number of amides is 3. The number of carbonyl (C=O) groups excluding carboxylic acids is 2. The van der Waals surface area contributed by atoms with Crippen LogP contribution in [0.25, 0.3) is 0 Å². The Kier molecular flexibility index (Phi) is 2.64. The standard InChI is InChI=1S/C12H12N2O3/c1-3-4-7-14-10(15)12(2,13-11(14)16)9-6-5-8-17-9/h1,5-6,8H,4,7H2,2H3,(H,13,16)/t12-/m1/s1. The predicted octanol–water partition coefficient (Wildman–Crippen LogP) is 1.07. The van der Waals surface area contributed by atoms with Gasteiger partial charge in [0, 0.05) is 13.0 Å². The van der Waals surface area contributed by atoms with Gasteiger partial charge in [-0.05, 0) is 19.1 Å². The lowest BCUT2D eigenvalue weighted by atomic mass is 9.99. The molecule has 88 valence electrons. The number of rotatable bonds is 3. The normalized spacial score (nSPS) is 23.6. The third kappa shape index (κ3) is 1.68. The highest BCUT2D eigenvalue weighted by molar-refractivity contribution is 6.06. The first-order valence-corrected chi connectivity index (χ1v) is 5.21. The Hall–Kier alpha value is -2.22. The molecule has 2 heterocycles. The molecule has 0 spiro atoms. The van der Waals surface area contributed by atoms with Gasteiger partial charge in [0.15, 0.2) is 5.54 Å².